The number of nitrogens with one attached hydrogen (secondary N) is 1. The van der Waals surface area contributed by atoms with Crippen molar-refractivity contribution < 1.29 is 0 Å². The minimum Gasteiger partial charge on any atom is -0.312 e. The smallest absolute Gasteiger partial charge is 0.0482 e. The molecule has 0 aromatic carbocycles. The molecule has 4 heteroatoms. The molecule has 3 rings (SSSR count). The summed E-state index contributed by atoms with van der Waals surface area (Å²) in [6, 6.07) is 4.95. The van der Waals surface area contributed by atoms with E-state index in [0.29, 0.717) is 12.0 Å². The standard InChI is InChI=1S/C16H24N2S2/c1-2-7-17-16(14-11-19-9-10-20-14)13-6-5-12-4-3-8-18-15(12)13/h3-4,8,13-14,16-17H,2,5-7,9-11H2,1H3. The molecule has 1 N–H and O–H groups in total. The van der Waals surface area contributed by atoms with Gasteiger partial charge in [0, 0.05) is 46.4 Å². The van der Waals surface area contributed by atoms with Crippen molar-refractivity contribution in [1.82, 2.24) is 10.3 Å². The van der Waals surface area contributed by atoms with Crippen molar-refractivity contribution in [3.05, 3.63) is 29.6 Å². The first kappa shape index (κ1) is 14.7. The molecule has 0 amide bonds. The summed E-state index contributed by atoms with van der Waals surface area (Å²) in [5.74, 6) is 4.54. The largest absolute Gasteiger partial charge is 0.312 e. The first-order valence-electron chi connectivity index (χ1n) is 7.76. The Balaban J connectivity index is 1.78. The highest BCUT2D eigenvalue weighted by Crippen LogP contribution is 2.39. The van der Waals surface area contributed by atoms with Crippen LogP contribution in [0, 0.1) is 0 Å². The SMILES string of the molecule is CCCNC(C1CSCCS1)C1CCc2cccnc21. The summed E-state index contributed by atoms with van der Waals surface area (Å²) in [6.07, 6.45) is 5.66. The predicted molar refractivity (Wildman–Crippen MR) is 91.0 cm³/mol. The van der Waals surface area contributed by atoms with Crippen LogP contribution >= 0.6 is 23.5 Å². The lowest BCUT2D eigenvalue weighted by atomic mass is 9.94. The number of hydrogen-bond donors (Lipinski definition) is 1. The van der Waals surface area contributed by atoms with Crippen LogP contribution in [0.2, 0.25) is 0 Å². The lowest BCUT2D eigenvalue weighted by Gasteiger charge is -2.34. The maximum Gasteiger partial charge on any atom is 0.0482 e. The molecule has 1 aliphatic heterocycles. The van der Waals surface area contributed by atoms with Crippen LogP contribution in [0.4, 0.5) is 0 Å². The number of nitrogens with zero attached hydrogens (tertiary/aromatic N) is 1. The Morgan fingerprint density at radius 3 is 3.20 bits per heavy atom. The maximum atomic E-state index is 4.71. The van der Waals surface area contributed by atoms with Crippen LogP contribution in [0.1, 0.15) is 36.9 Å². The van der Waals surface area contributed by atoms with Gasteiger partial charge in [0.15, 0.2) is 0 Å². The fourth-order valence-corrected chi connectivity index (χ4v) is 6.28. The molecule has 1 fully saturated rings. The van der Waals surface area contributed by atoms with E-state index < -0.39 is 0 Å². The number of hydrogen-bond acceptors (Lipinski definition) is 4. The Morgan fingerprint density at radius 2 is 2.40 bits per heavy atom. The van der Waals surface area contributed by atoms with Crippen molar-refractivity contribution in [2.45, 2.75) is 43.4 Å². The number of aromatic nitrogens is 1. The first-order valence-corrected chi connectivity index (χ1v) is 9.97. The van der Waals surface area contributed by atoms with Crippen LogP contribution in [-0.2, 0) is 6.42 Å². The molecule has 0 radical (unpaired) electrons. The average molecular weight is 309 g/mol. The lowest BCUT2D eigenvalue weighted by molar-refractivity contribution is 0.422. The van der Waals surface area contributed by atoms with Gasteiger partial charge in [0.05, 0.1) is 0 Å². The van der Waals surface area contributed by atoms with Crippen molar-refractivity contribution in [2.75, 3.05) is 23.8 Å². The third-order valence-electron chi connectivity index (χ3n) is 4.31. The lowest BCUT2D eigenvalue weighted by Crippen LogP contribution is -2.45. The van der Waals surface area contributed by atoms with Gasteiger partial charge in [-0.15, -0.1) is 0 Å². The summed E-state index contributed by atoms with van der Waals surface area (Å²) < 4.78 is 0. The van der Waals surface area contributed by atoms with Crippen LogP contribution in [0.15, 0.2) is 18.3 Å². The zero-order valence-electron chi connectivity index (χ0n) is 12.2. The van der Waals surface area contributed by atoms with Crippen LogP contribution < -0.4 is 5.32 Å². The third kappa shape index (κ3) is 3.18. The molecule has 110 valence electrons. The number of thioether (sulfide) groups is 2. The normalized spacial score (nSPS) is 27.2. The molecule has 0 saturated carbocycles. The molecule has 1 aromatic rings. The second-order valence-electron chi connectivity index (χ2n) is 5.66. The van der Waals surface area contributed by atoms with Crippen LogP contribution in [0.25, 0.3) is 0 Å². The van der Waals surface area contributed by atoms with Gasteiger partial charge in [0.2, 0.25) is 0 Å². The van der Waals surface area contributed by atoms with E-state index in [9.17, 15) is 0 Å². The topological polar surface area (TPSA) is 24.9 Å². The number of pyridine rings is 1. The highest BCUT2D eigenvalue weighted by Gasteiger charge is 2.36. The minimum atomic E-state index is 0.601. The summed E-state index contributed by atoms with van der Waals surface area (Å²) in [7, 11) is 0. The van der Waals surface area contributed by atoms with Gasteiger partial charge < -0.3 is 5.32 Å². The fraction of sp³-hybridized carbons (Fsp3) is 0.688. The van der Waals surface area contributed by atoms with E-state index >= 15 is 0 Å². The van der Waals surface area contributed by atoms with Crippen molar-refractivity contribution in [2.24, 2.45) is 0 Å². The fourth-order valence-electron chi connectivity index (χ4n) is 3.35. The molecule has 2 heterocycles. The number of rotatable bonds is 5. The average Bonchev–Trinajstić information content (AvgIpc) is 2.93. The summed E-state index contributed by atoms with van der Waals surface area (Å²) >= 11 is 4.30. The van der Waals surface area contributed by atoms with Crippen LogP contribution in [0.3, 0.4) is 0 Å². The van der Waals surface area contributed by atoms with Gasteiger partial charge in [-0.3, -0.25) is 4.98 Å². The second kappa shape index (κ2) is 7.19. The summed E-state index contributed by atoms with van der Waals surface area (Å²) in [4.78, 5) is 4.71. The van der Waals surface area contributed by atoms with Crippen LogP contribution in [-0.4, -0.2) is 40.1 Å². The highest BCUT2D eigenvalue weighted by molar-refractivity contribution is 8.06. The molecule has 1 aromatic heterocycles. The monoisotopic (exact) mass is 308 g/mol. The molecule has 2 nitrogen and oxygen atoms in total. The zero-order valence-corrected chi connectivity index (χ0v) is 13.8. The van der Waals surface area contributed by atoms with E-state index in [-0.39, 0.29) is 0 Å². The Labute approximate surface area is 130 Å². The van der Waals surface area contributed by atoms with Gasteiger partial charge in [-0.05, 0) is 37.4 Å². The second-order valence-corrected chi connectivity index (χ2v) is 8.15. The summed E-state index contributed by atoms with van der Waals surface area (Å²) in [5.41, 5.74) is 2.85. The molecular formula is C16H24N2S2. The van der Waals surface area contributed by atoms with E-state index in [1.807, 2.05) is 6.20 Å². The van der Waals surface area contributed by atoms with E-state index in [4.69, 9.17) is 4.98 Å². The number of aryl methyl sites for hydroxylation is 1. The Kier molecular flexibility index (Phi) is 5.30. The van der Waals surface area contributed by atoms with Gasteiger partial charge in [-0.25, -0.2) is 0 Å². The summed E-state index contributed by atoms with van der Waals surface area (Å²) in [6.45, 7) is 3.39. The van der Waals surface area contributed by atoms with Crippen molar-refractivity contribution >= 4 is 23.5 Å². The molecule has 3 unspecified atom stereocenters. The Hall–Kier alpha value is -0.190. The zero-order chi connectivity index (χ0) is 13.8. The van der Waals surface area contributed by atoms with Gasteiger partial charge >= 0.3 is 0 Å². The van der Waals surface area contributed by atoms with E-state index in [1.54, 1.807) is 0 Å². The minimum absolute atomic E-state index is 0.601. The molecular weight excluding hydrogens is 284 g/mol. The van der Waals surface area contributed by atoms with E-state index in [2.05, 4.69) is 47.9 Å². The van der Waals surface area contributed by atoms with Gasteiger partial charge in [0.25, 0.3) is 0 Å². The van der Waals surface area contributed by atoms with Gasteiger partial charge in [0.1, 0.15) is 0 Å². The number of fused-ring (bicyclic) bond motifs is 1. The van der Waals surface area contributed by atoms with E-state index in [1.165, 1.54) is 47.8 Å². The van der Waals surface area contributed by atoms with Crippen molar-refractivity contribution in [3.8, 4) is 0 Å². The Morgan fingerprint density at radius 1 is 1.45 bits per heavy atom. The Bertz CT molecular complexity index is 432. The molecule has 20 heavy (non-hydrogen) atoms. The molecule has 0 bridgehead atoms. The van der Waals surface area contributed by atoms with Gasteiger partial charge in [-0.2, -0.15) is 23.5 Å². The maximum absolute atomic E-state index is 4.71. The molecule has 0 spiro atoms. The molecule has 1 aliphatic carbocycles. The summed E-state index contributed by atoms with van der Waals surface area (Å²) in [5, 5.41) is 4.60. The van der Waals surface area contributed by atoms with Crippen molar-refractivity contribution in [1.29, 1.82) is 0 Å². The van der Waals surface area contributed by atoms with Crippen LogP contribution in [0.5, 0.6) is 0 Å². The molecule has 3 atom stereocenters. The van der Waals surface area contributed by atoms with Gasteiger partial charge in [-0.1, -0.05) is 13.0 Å². The molecule has 2 aliphatic rings. The van der Waals surface area contributed by atoms with E-state index in [0.717, 1.165) is 11.8 Å². The quantitative estimate of drug-likeness (QED) is 0.902. The third-order valence-corrected chi connectivity index (χ3v) is 7.19. The first-order chi connectivity index (χ1) is 9.90. The molecule has 1 saturated heterocycles. The predicted octanol–water partition coefficient (Wildman–Crippen LogP) is 3.33. The highest BCUT2D eigenvalue weighted by atomic mass is 32.2. The van der Waals surface area contributed by atoms with Crippen molar-refractivity contribution in [3.63, 3.8) is 0 Å².